The highest BCUT2D eigenvalue weighted by Gasteiger charge is 2.23. The Balaban J connectivity index is 2.29. The largest absolute Gasteiger partial charge is 0.381 e. The van der Waals surface area contributed by atoms with Crippen LogP contribution in [0.25, 0.3) is 0 Å². The van der Waals surface area contributed by atoms with E-state index in [4.69, 9.17) is 15.2 Å². The van der Waals surface area contributed by atoms with Crippen LogP contribution < -0.4 is 5.73 Å². The van der Waals surface area contributed by atoms with E-state index in [2.05, 4.69) is 0 Å². The summed E-state index contributed by atoms with van der Waals surface area (Å²) in [6.45, 7) is 5.09. The molecule has 0 spiro atoms. The van der Waals surface area contributed by atoms with Crippen molar-refractivity contribution in [2.24, 2.45) is 11.7 Å². The molecule has 1 heterocycles. The van der Waals surface area contributed by atoms with Crippen LogP contribution in [0.2, 0.25) is 0 Å². The Hall–Kier alpha value is -0.120. The third-order valence-electron chi connectivity index (χ3n) is 2.33. The minimum atomic E-state index is 0.204. The fourth-order valence-electron chi connectivity index (χ4n) is 1.67. The van der Waals surface area contributed by atoms with Crippen molar-refractivity contribution in [2.75, 3.05) is 26.4 Å². The van der Waals surface area contributed by atoms with Crippen molar-refractivity contribution < 1.29 is 9.47 Å². The lowest BCUT2D eigenvalue weighted by molar-refractivity contribution is -0.0388. The Bertz CT molecular complexity index is 110. The molecule has 0 saturated carbocycles. The average Bonchev–Trinajstić information content (AvgIpc) is 2.15. The highest BCUT2D eigenvalue weighted by molar-refractivity contribution is 4.73. The molecular formula is C9H19NO2. The van der Waals surface area contributed by atoms with Crippen molar-refractivity contribution in [2.45, 2.75) is 25.9 Å². The monoisotopic (exact) mass is 173 g/mol. The first-order valence-electron chi connectivity index (χ1n) is 4.78. The van der Waals surface area contributed by atoms with Crippen LogP contribution in [-0.4, -0.2) is 32.5 Å². The third kappa shape index (κ3) is 2.73. The van der Waals surface area contributed by atoms with E-state index in [1.807, 2.05) is 6.92 Å². The zero-order valence-corrected chi connectivity index (χ0v) is 7.79. The van der Waals surface area contributed by atoms with E-state index >= 15 is 0 Å². The average molecular weight is 173 g/mol. The molecular weight excluding hydrogens is 154 g/mol. The van der Waals surface area contributed by atoms with Gasteiger partial charge in [-0.3, -0.25) is 0 Å². The Morgan fingerprint density at radius 3 is 3.00 bits per heavy atom. The van der Waals surface area contributed by atoms with E-state index < -0.39 is 0 Å². The number of hydrogen-bond acceptors (Lipinski definition) is 3. The summed E-state index contributed by atoms with van der Waals surface area (Å²) in [4.78, 5) is 0. The van der Waals surface area contributed by atoms with Gasteiger partial charge in [0, 0.05) is 25.7 Å². The normalized spacial score (nSPS) is 27.0. The van der Waals surface area contributed by atoms with E-state index in [9.17, 15) is 0 Å². The van der Waals surface area contributed by atoms with Crippen molar-refractivity contribution in [3.8, 4) is 0 Å². The standard InChI is InChI=1S/C9H19NO2/c1-2-12-9(6-10)8-4-3-5-11-7-8/h8-9H,2-7,10H2,1H3. The third-order valence-corrected chi connectivity index (χ3v) is 2.33. The van der Waals surface area contributed by atoms with Crippen LogP contribution in [0.1, 0.15) is 19.8 Å². The molecule has 3 nitrogen and oxygen atoms in total. The van der Waals surface area contributed by atoms with Crippen LogP contribution in [0, 0.1) is 5.92 Å². The molecule has 0 amide bonds. The van der Waals surface area contributed by atoms with Gasteiger partial charge >= 0.3 is 0 Å². The molecule has 3 heteroatoms. The molecule has 2 N–H and O–H groups in total. The summed E-state index contributed by atoms with van der Waals surface area (Å²) in [7, 11) is 0. The number of rotatable bonds is 4. The summed E-state index contributed by atoms with van der Waals surface area (Å²) in [5.74, 6) is 0.517. The minimum absolute atomic E-state index is 0.204. The zero-order chi connectivity index (χ0) is 8.81. The lowest BCUT2D eigenvalue weighted by Crippen LogP contribution is -2.36. The molecule has 1 saturated heterocycles. The fraction of sp³-hybridized carbons (Fsp3) is 1.00. The molecule has 2 unspecified atom stereocenters. The fourth-order valence-corrected chi connectivity index (χ4v) is 1.67. The Morgan fingerprint density at radius 1 is 1.67 bits per heavy atom. The summed E-state index contributed by atoms with van der Waals surface area (Å²) in [5, 5.41) is 0. The van der Waals surface area contributed by atoms with Crippen LogP contribution in [0.4, 0.5) is 0 Å². The number of hydrogen-bond donors (Lipinski definition) is 1. The van der Waals surface area contributed by atoms with Crippen LogP contribution in [0.15, 0.2) is 0 Å². The van der Waals surface area contributed by atoms with Gasteiger partial charge in [-0.1, -0.05) is 0 Å². The van der Waals surface area contributed by atoms with Crippen LogP contribution in [0.5, 0.6) is 0 Å². The van der Waals surface area contributed by atoms with E-state index in [-0.39, 0.29) is 6.10 Å². The summed E-state index contributed by atoms with van der Waals surface area (Å²) >= 11 is 0. The molecule has 1 aliphatic rings. The highest BCUT2D eigenvalue weighted by atomic mass is 16.5. The summed E-state index contributed by atoms with van der Waals surface area (Å²) < 4.78 is 10.9. The van der Waals surface area contributed by atoms with Gasteiger partial charge in [-0.15, -0.1) is 0 Å². The van der Waals surface area contributed by atoms with Gasteiger partial charge in [0.25, 0.3) is 0 Å². The molecule has 1 aliphatic heterocycles. The van der Waals surface area contributed by atoms with Gasteiger partial charge in [0.2, 0.25) is 0 Å². The van der Waals surface area contributed by atoms with Gasteiger partial charge in [0.05, 0.1) is 12.7 Å². The van der Waals surface area contributed by atoms with E-state index in [0.29, 0.717) is 12.5 Å². The second-order valence-electron chi connectivity index (χ2n) is 3.21. The van der Waals surface area contributed by atoms with Gasteiger partial charge in [0.15, 0.2) is 0 Å². The summed E-state index contributed by atoms with van der Waals surface area (Å²) in [6, 6.07) is 0. The topological polar surface area (TPSA) is 44.5 Å². The molecule has 0 radical (unpaired) electrons. The number of ether oxygens (including phenoxy) is 2. The summed E-state index contributed by atoms with van der Waals surface area (Å²) in [6.07, 6.45) is 2.55. The van der Waals surface area contributed by atoms with Gasteiger partial charge in [-0.25, -0.2) is 0 Å². The second kappa shape index (κ2) is 5.51. The van der Waals surface area contributed by atoms with Crippen molar-refractivity contribution in [1.82, 2.24) is 0 Å². The van der Waals surface area contributed by atoms with E-state index in [1.165, 1.54) is 6.42 Å². The van der Waals surface area contributed by atoms with Gasteiger partial charge in [-0.2, -0.15) is 0 Å². The predicted octanol–water partition coefficient (Wildman–Crippen LogP) is 0.777. The van der Waals surface area contributed by atoms with Gasteiger partial charge < -0.3 is 15.2 Å². The van der Waals surface area contributed by atoms with Crippen molar-refractivity contribution in [3.05, 3.63) is 0 Å². The molecule has 0 aromatic heterocycles. The molecule has 0 bridgehead atoms. The molecule has 0 aromatic rings. The first-order valence-corrected chi connectivity index (χ1v) is 4.78. The van der Waals surface area contributed by atoms with Crippen LogP contribution >= 0.6 is 0 Å². The Morgan fingerprint density at radius 2 is 2.50 bits per heavy atom. The van der Waals surface area contributed by atoms with Crippen molar-refractivity contribution in [3.63, 3.8) is 0 Å². The Kier molecular flexibility index (Phi) is 4.58. The van der Waals surface area contributed by atoms with Gasteiger partial charge in [0.1, 0.15) is 0 Å². The second-order valence-corrected chi connectivity index (χ2v) is 3.21. The summed E-state index contributed by atoms with van der Waals surface area (Å²) in [5.41, 5.74) is 5.61. The molecule has 72 valence electrons. The maximum atomic E-state index is 5.61. The van der Waals surface area contributed by atoms with E-state index in [0.717, 1.165) is 26.2 Å². The van der Waals surface area contributed by atoms with E-state index in [1.54, 1.807) is 0 Å². The SMILES string of the molecule is CCOC(CN)C1CCCOC1. The van der Waals surface area contributed by atoms with Crippen molar-refractivity contribution >= 4 is 0 Å². The minimum Gasteiger partial charge on any atom is -0.381 e. The van der Waals surface area contributed by atoms with Crippen LogP contribution in [-0.2, 0) is 9.47 Å². The van der Waals surface area contributed by atoms with Gasteiger partial charge in [-0.05, 0) is 19.8 Å². The smallest absolute Gasteiger partial charge is 0.0747 e. The first kappa shape index (κ1) is 9.96. The lowest BCUT2D eigenvalue weighted by Gasteiger charge is -2.28. The maximum Gasteiger partial charge on any atom is 0.0747 e. The molecule has 12 heavy (non-hydrogen) atoms. The molecule has 0 aromatic carbocycles. The first-order chi connectivity index (χ1) is 5.88. The quantitative estimate of drug-likeness (QED) is 0.683. The highest BCUT2D eigenvalue weighted by Crippen LogP contribution is 2.18. The van der Waals surface area contributed by atoms with Crippen molar-refractivity contribution in [1.29, 1.82) is 0 Å². The molecule has 0 aliphatic carbocycles. The molecule has 1 rings (SSSR count). The molecule has 2 atom stereocenters. The Labute approximate surface area is 74.2 Å². The molecule has 1 fully saturated rings. The zero-order valence-electron chi connectivity index (χ0n) is 7.79. The van der Waals surface area contributed by atoms with Crippen LogP contribution in [0.3, 0.4) is 0 Å². The predicted molar refractivity (Wildman–Crippen MR) is 48.0 cm³/mol. The number of nitrogens with two attached hydrogens (primary N) is 1. The maximum absolute atomic E-state index is 5.61. The lowest BCUT2D eigenvalue weighted by atomic mass is 9.96.